The van der Waals surface area contributed by atoms with Crippen LogP contribution < -0.4 is 4.74 Å². The summed E-state index contributed by atoms with van der Waals surface area (Å²) in [5.74, 6) is 1.55. The van der Waals surface area contributed by atoms with Crippen LogP contribution in [0.25, 0.3) is 0 Å². The van der Waals surface area contributed by atoms with E-state index in [1.165, 1.54) is 0 Å². The molecule has 2 aromatic carbocycles. The molecule has 2 aliphatic rings. The van der Waals surface area contributed by atoms with E-state index in [4.69, 9.17) is 21.3 Å². The molecule has 0 spiro atoms. The molecule has 2 heterocycles. The van der Waals surface area contributed by atoms with Crippen molar-refractivity contribution in [2.24, 2.45) is 10.4 Å². The Morgan fingerprint density at radius 1 is 1.13 bits per heavy atom. The third-order valence-corrected chi connectivity index (χ3v) is 5.85. The molecular weight excluding hydrogens is 402 g/mol. The Morgan fingerprint density at radius 2 is 1.83 bits per heavy atom. The molecule has 0 aliphatic carbocycles. The Morgan fingerprint density at radius 3 is 2.53 bits per heavy atom. The molecule has 158 valence electrons. The molecule has 2 aliphatic heterocycles. The van der Waals surface area contributed by atoms with Crippen LogP contribution in [0.2, 0.25) is 5.02 Å². The Bertz CT molecular complexity index is 1010. The number of carboxylic acids is 1. The van der Waals surface area contributed by atoms with Crippen LogP contribution in [0.4, 0.5) is 5.69 Å². The van der Waals surface area contributed by atoms with Crippen LogP contribution in [0, 0.1) is 12.3 Å². The van der Waals surface area contributed by atoms with E-state index >= 15 is 0 Å². The first-order valence-electron chi connectivity index (χ1n) is 10.1. The number of aliphatic imine (C=N–C) groups is 1. The number of ether oxygens (including phenoxy) is 1. The Labute approximate surface area is 181 Å². The van der Waals surface area contributed by atoms with Gasteiger partial charge in [0.25, 0.3) is 0 Å². The van der Waals surface area contributed by atoms with Crippen LogP contribution in [0.5, 0.6) is 11.5 Å². The standard InChI is InChI=1S/C23H26ClN3O3/c1-15-4-6-19-17(12-15)21(25-18-13-16(24)5-7-20(18)30-19)27-10-8-26(9-11-27)14-23(2,3)22(28)29/h4-7,12-13H,8-11,14H2,1-3H3,(H,28,29). The number of halogens is 1. The summed E-state index contributed by atoms with van der Waals surface area (Å²) < 4.78 is 6.17. The second-order valence-corrected chi connectivity index (χ2v) is 9.04. The number of aryl methyl sites for hydroxylation is 1. The van der Waals surface area contributed by atoms with Gasteiger partial charge in [-0.05, 0) is 51.1 Å². The van der Waals surface area contributed by atoms with E-state index in [0.29, 0.717) is 23.0 Å². The van der Waals surface area contributed by atoms with Crippen molar-refractivity contribution in [3.8, 4) is 11.5 Å². The SMILES string of the molecule is Cc1ccc2c(c1)C(N1CCN(CC(C)(C)C(=O)O)CC1)=Nc1cc(Cl)ccc1O2. The lowest BCUT2D eigenvalue weighted by molar-refractivity contribution is -0.148. The molecule has 0 amide bonds. The molecule has 0 radical (unpaired) electrons. The first kappa shape index (κ1) is 20.7. The van der Waals surface area contributed by atoms with E-state index < -0.39 is 11.4 Å². The van der Waals surface area contributed by atoms with Crippen molar-refractivity contribution in [1.82, 2.24) is 9.80 Å². The molecule has 1 fully saturated rings. The summed E-state index contributed by atoms with van der Waals surface area (Å²) in [7, 11) is 0. The van der Waals surface area contributed by atoms with Crippen molar-refractivity contribution in [2.75, 3.05) is 32.7 Å². The predicted octanol–water partition coefficient (Wildman–Crippen LogP) is 4.56. The summed E-state index contributed by atoms with van der Waals surface area (Å²) in [5, 5.41) is 10.0. The number of carbonyl (C=O) groups is 1. The number of amidine groups is 1. The molecule has 6 nitrogen and oxygen atoms in total. The first-order chi connectivity index (χ1) is 14.2. The molecule has 4 rings (SSSR count). The van der Waals surface area contributed by atoms with Gasteiger partial charge in [0.2, 0.25) is 0 Å². The van der Waals surface area contributed by atoms with Gasteiger partial charge < -0.3 is 14.7 Å². The van der Waals surface area contributed by atoms with Crippen molar-refractivity contribution in [3.05, 3.63) is 52.5 Å². The minimum absolute atomic E-state index is 0.528. The highest BCUT2D eigenvalue weighted by atomic mass is 35.5. The summed E-state index contributed by atoms with van der Waals surface area (Å²) in [4.78, 5) is 20.9. The van der Waals surface area contributed by atoms with Crippen LogP contribution in [-0.4, -0.2) is 59.4 Å². The van der Waals surface area contributed by atoms with Gasteiger partial charge >= 0.3 is 5.97 Å². The van der Waals surface area contributed by atoms with Crippen LogP contribution >= 0.6 is 11.6 Å². The number of nitrogens with zero attached hydrogens (tertiary/aromatic N) is 3. The number of piperazine rings is 1. The molecule has 0 atom stereocenters. The zero-order valence-electron chi connectivity index (χ0n) is 17.5. The molecule has 0 unspecified atom stereocenters. The molecule has 1 saturated heterocycles. The summed E-state index contributed by atoms with van der Waals surface area (Å²) in [5.41, 5.74) is 2.04. The van der Waals surface area contributed by atoms with Crippen LogP contribution in [0.15, 0.2) is 41.4 Å². The van der Waals surface area contributed by atoms with E-state index in [0.717, 1.165) is 48.9 Å². The minimum atomic E-state index is -0.770. The first-order valence-corrected chi connectivity index (χ1v) is 10.5. The number of hydrogen-bond donors (Lipinski definition) is 1. The van der Waals surface area contributed by atoms with Crippen LogP contribution in [0.1, 0.15) is 25.0 Å². The summed E-state index contributed by atoms with van der Waals surface area (Å²) in [6.45, 7) is 9.21. The summed E-state index contributed by atoms with van der Waals surface area (Å²) >= 11 is 6.21. The van der Waals surface area contributed by atoms with Crippen molar-refractivity contribution >= 4 is 29.1 Å². The second kappa shape index (κ2) is 7.93. The number of aliphatic carboxylic acids is 1. The van der Waals surface area contributed by atoms with E-state index in [1.54, 1.807) is 19.9 Å². The van der Waals surface area contributed by atoms with Crippen molar-refractivity contribution < 1.29 is 14.6 Å². The van der Waals surface area contributed by atoms with E-state index in [2.05, 4.69) is 22.8 Å². The average molecular weight is 428 g/mol. The fraction of sp³-hybridized carbons (Fsp3) is 0.391. The molecule has 0 saturated carbocycles. The van der Waals surface area contributed by atoms with Gasteiger partial charge in [-0.15, -0.1) is 0 Å². The predicted molar refractivity (Wildman–Crippen MR) is 118 cm³/mol. The molecule has 7 heteroatoms. The third-order valence-electron chi connectivity index (χ3n) is 5.61. The monoisotopic (exact) mass is 427 g/mol. The maximum Gasteiger partial charge on any atom is 0.310 e. The average Bonchev–Trinajstić information content (AvgIpc) is 2.84. The van der Waals surface area contributed by atoms with Crippen LogP contribution in [-0.2, 0) is 4.79 Å². The quantitative estimate of drug-likeness (QED) is 0.777. The van der Waals surface area contributed by atoms with E-state index in [9.17, 15) is 9.90 Å². The van der Waals surface area contributed by atoms with Gasteiger partial charge in [-0.3, -0.25) is 9.69 Å². The van der Waals surface area contributed by atoms with Gasteiger partial charge in [-0.2, -0.15) is 0 Å². The Balaban J connectivity index is 1.63. The molecule has 30 heavy (non-hydrogen) atoms. The van der Waals surface area contributed by atoms with Gasteiger partial charge in [-0.25, -0.2) is 4.99 Å². The van der Waals surface area contributed by atoms with Gasteiger partial charge in [0.15, 0.2) is 5.75 Å². The number of benzene rings is 2. The maximum atomic E-state index is 11.5. The van der Waals surface area contributed by atoms with Crippen LogP contribution in [0.3, 0.4) is 0 Å². The van der Waals surface area contributed by atoms with E-state index in [-0.39, 0.29) is 0 Å². The number of hydrogen-bond acceptors (Lipinski definition) is 5. The maximum absolute atomic E-state index is 11.5. The molecule has 0 aromatic heterocycles. The largest absolute Gasteiger partial charge is 0.481 e. The normalized spacial score (nSPS) is 16.8. The fourth-order valence-corrected chi connectivity index (χ4v) is 4.02. The number of carboxylic acid groups (broad SMARTS) is 1. The van der Waals surface area contributed by atoms with Crippen molar-refractivity contribution in [3.63, 3.8) is 0 Å². The fourth-order valence-electron chi connectivity index (χ4n) is 3.85. The third kappa shape index (κ3) is 4.16. The topological polar surface area (TPSA) is 65.4 Å². The Hall–Kier alpha value is -2.57. The summed E-state index contributed by atoms with van der Waals surface area (Å²) in [6, 6.07) is 11.6. The lowest BCUT2D eigenvalue weighted by Crippen LogP contribution is -2.52. The van der Waals surface area contributed by atoms with Crippen molar-refractivity contribution in [2.45, 2.75) is 20.8 Å². The lowest BCUT2D eigenvalue weighted by Gasteiger charge is -2.39. The van der Waals surface area contributed by atoms with Gasteiger partial charge in [-0.1, -0.05) is 23.2 Å². The van der Waals surface area contributed by atoms with Gasteiger partial charge in [0.05, 0.1) is 11.0 Å². The zero-order valence-corrected chi connectivity index (χ0v) is 18.2. The smallest absolute Gasteiger partial charge is 0.310 e. The molecular formula is C23H26ClN3O3. The molecule has 1 N–H and O–H groups in total. The lowest BCUT2D eigenvalue weighted by atomic mass is 9.93. The minimum Gasteiger partial charge on any atom is -0.481 e. The highest BCUT2D eigenvalue weighted by molar-refractivity contribution is 6.31. The number of rotatable bonds is 3. The van der Waals surface area contributed by atoms with Gasteiger partial charge in [0, 0.05) is 37.7 Å². The second-order valence-electron chi connectivity index (χ2n) is 8.60. The highest BCUT2D eigenvalue weighted by Crippen LogP contribution is 2.40. The van der Waals surface area contributed by atoms with E-state index in [1.807, 2.05) is 24.3 Å². The van der Waals surface area contributed by atoms with Gasteiger partial charge in [0.1, 0.15) is 17.3 Å². The zero-order chi connectivity index (χ0) is 21.5. The van der Waals surface area contributed by atoms with Crippen molar-refractivity contribution in [1.29, 1.82) is 0 Å². The highest BCUT2D eigenvalue weighted by Gasteiger charge is 2.32. The molecule has 0 bridgehead atoms. The summed E-state index contributed by atoms with van der Waals surface area (Å²) in [6.07, 6.45) is 0. The Kier molecular flexibility index (Phi) is 5.47. The number of fused-ring (bicyclic) bond motifs is 2. The molecule has 2 aromatic rings.